The van der Waals surface area contributed by atoms with Gasteiger partial charge in [0.05, 0.1) is 32.7 Å². The largest absolute Gasteiger partial charge is 0.332 e. The summed E-state index contributed by atoms with van der Waals surface area (Å²) in [5, 5.41) is 0. The Kier molecular flexibility index (Phi) is 5.04. The van der Waals surface area contributed by atoms with Crippen molar-refractivity contribution in [1.82, 2.24) is 19.1 Å². The number of aromatic amines is 1. The molecule has 0 atom stereocenters. The minimum atomic E-state index is -0.433. The molecule has 3 aromatic rings. The van der Waals surface area contributed by atoms with Crippen molar-refractivity contribution in [2.24, 2.45) is 7.05 Å². The van der Waals surface area contributed by atoms with Gasteiger partial charge in [-0.15, -0.1) is 0 Å². The van der Waals surface area contributed by atoms with E-state index in [1.807, 2.05) is 22.8 Å². The quantitative estimate of drug-likeness (QED) is 0.616. The minimum Gasteiger partial charge on any atom is -0.332 e. The second-order valence-corrected chi connectivity index (χ2v) is 7.38. The molecular formula is C20H27N6O2+. The summed E-state index contributed by atoms with van der Waals surface area (Å²) < 4.78 is 3.41. The number of nitrogens with one attached hydrogen (secondary N) is 2. The molecule has 1 fully saturated rings. The maximum Gasteiger partial charge on any atom is 0.329 e. The summed E-state index contributed by atoms with van der Waals surface area (Å²) in [7, 11) is 1.65. The highest BCUT2D eigenvalue weighted by molar-refractivity contribution is 5.74. The number of fused-ring (bicyclic) bond motifs is 1. The van der Waals surface area contributed by atoms with Crippen molar-refractivity contribution in [1.29, 1.82) is 0 Å². The van der Waals surface area contributed by atoms with Gasteiger partial charge in [0.15, 0.2) is 11.2 Å². The molecule has 0 saturated carbocycles. The fourth-order valence-corrected chi connectivity index (χ4v) is 3.94. The lowest BCUT2D eigenvalue weighted by Crippen LogP contribution is -3.14. The second-order valence-electron chi connectivity index (χ2n) is 7.38. The van der Waals surface area contributed by atoms with Crippen molar-refractivity contribution in [3.05, 3.63) is 56.7 Å². The van der Waals surface area contributed by atoms with Gasteiger partial charge in [-0.2, -0.15) is 4.98 Å². The smallest absolute Gasteiger partial charge is 0.329 e. The van der Waals surface area contributed by atoms with Gasteiger partial charge >= 0.3 is 5.69 Å². The van der Waals surface area contributed by atoms with Crippen LogP contribution in [0.2, 0.25) is 0 Å². The topological polar surface area (TPSA) is 80.4 Å². The van der Waals surface area contributed by atoms with Crippen LogP contribution in [0, 0.1) is 0 Å². The van der Waals surface area contributed by atoms with E-state index in [2.05, 4.69) is 28.9 Å². The van der Waals surface area contributed by atoms with Crippen molar-refractivity contribution in [2.45, 2.75) is 19.9 Å². The zero-order valence-electron chi connectivity index (χ0n) is 16.4. The van der Waals surface area contributed by atoms with E-state index in [9.17, 15) is 9.59 Å². The lowest BCUT2D eigenvalue weighted by molar-refractivity contribution is -0.898. The third-order valence-electron chi connectivity index (χ3n) is 5.71. The molecule has 0 bridgehead atoms. The number of aryl methyl sites for hydroxylation is 3. The maximum atomic E-state index is 12.6. The fourth-order valence-electron chi connectivity index (χ4n) is 3.94. The van der Waals surface area contributed by atoms with Gasteiger partial charge in [0.25, 0.3) is 5.56 Å². The van der Waals surface area contributed by atoms with E-state index >= 15 is 0 Å². The summed E-state index contributed by atoms with van der Waals surface area (Å²) in [6.45, 7) is 7.84. The van der Waals surface area contributed by atoms with E-state index in [1.165, 1.54) is 10.1 Å². The summed E-state index contributed by atoms with van der Waals surface area (Å²) >= 11 is 0. The van der Waals surface area contributed by atoms with E-state index in [0.29, 0.717) is 17.7 Å². The zero-order valence-corrected chi connectivity index (χ0v) is 16.4. The first-order valence-electron chi connectivity index (χ1n) is 9.90. The van der Waals surface area contributed by atoms with E-state index in [-0.39, 0.29) is 5.56 Å². The Morgan fingerprint density at radius 2 is 1.86 bits per heavy atom. The number of rotatable bonds is 5. The van der Waals surface area contributed by atoms with Gasteiger partial charge < -0.3 is 14.4 Å². The highest BCUT2D eigenvalue weighted by Crippen LogP contribution is 2.20. The Bertz CT molecular complexity index is 1070. The molecule has 1 aliphatic heterocycles. The van der Waals surface area contributed by atoms with Gasteiger partial charge in [0.1, 0.15) is 0 Å². The molecule has 0 unspecified atom stereocenters. The normalized spacial score (nSPS) is 15.4. The number of hydrogen-bond acceptors (Lipinski definition) is 4. The second kappa shape index (κ2) is 7.63. The molecule has 28 heavy (non-hydrogen) atoms. The fraction of sp³-hybridized carbons (Fsp3) is 0.450. The van der Waals surface area contributed by atoms with Gasteiger partial charge in [-0.3, -0.25) is 14.3 Å². The van der Waals surface area contributed by atoms with Crippen LogP contribution in [0.5, 0.6) is 0 Å². The molecule has 1 aliphatic rings. The van der Waals surface area contributed by atoms with Gasteiger partial charge in [-0.25, -0.2) is 4.79 Å². The van der Waals surface area contributed by atoms with Crippen molar-refractivity contribution in [3.63, 3.8) is 0 Å². The predicted octanol–water partition coefficient (Wildman–Crippen LogP) is -0.609. The van der Waals surface area contributed by atoms with Crippen LogP contribution in [0.25, 0.3) is 11.2 Å². The Balaban J connectivity index is 1.76. The Morgan fingerprint density at radius 1 is 1.14 bits per heavy atom. The van der Waals surface area contributed by atoms with E-state index < -0.39 is 5.69 Å². The number of hydrogen-bond donors (Lipinski definition) is 2. The van der Waals surface area contributed by atoms with Crippen molar-refractivity contribution in [3.8, 4) is 0 Å². The van der Waals surface area contributed by atoms with Crippen LogP contribution in [0.15, 0.2) is 39.9 Å². The number of H-pyrrole nitrogens is 1. The molecule has 2 aromatic heterocycles. The third kappa shape index (κ3) is 3.35. The van der Waals surface area contributed by atoms with Crippen molar-refractivity contribution < 1.29 is 4.90 Å². The van der Waals surface area contributed by atoms with E-state index in [1.54, 1.807) is 11.9 Å². The van der Waals surface area contributed by atoms with Crippen LogP contribution in [0.1, 0.15) is 12.5 Å². The summed E-state index contributed by atoms with van der Waals surface area (Å²) in [6.07, 6.45) is 0.793. The molecule has 1 saturated heterocycles. The number of likely N-dealkylation sites (N-methyl/N-ethyl adjacent to an activating group) is 1. The molecular weight excluding hydrogens is 356 g/mol. The average molecular weight is 383 g/mol. The highest BCUT2D eigenvalue weighted by Gasteiger charge is 2.25. The Hall–Kier alpha value is -2.87. The lowest BCUT2D eigenvalue weighted by atomic mass is 10.1. The van der Waals surface area contributed by atoms with Crippen LogP contribution in [0.3, 0.4) is 0 Å². The first kappa shape index (κ1) is 18.5. The molecule has 0 radical (unpaired) electrons. The van der Waals surface area contributed by atoms with Gasteiger partial charge in [0, 0.05) is 13.6 Å². The van der Waals surface area contributed by atoms with Crippen molar-refractivity contribution in [2.75, 3.05) is 37.6 Å². The van der Waals surface area contributed by atoms with Crippen LogP contribution >= 0.6 is 0 Å². The maximum absolute atomic E-state index is 12.6. The molecule has 3 heterocycles. The number of anilines is 1. The number of quaternary nitrogens is 1. The molecule has 8 heteroatoms. The molecule has 148 valence electrons. The van der Waals surface area contributed by atoms with Crippen LogP contribution in [0.4, 0.5) is 5.95 Å². The number of benzene rings is 1. The number of imidazole rings is 1. The number of aromatic nitrogens is 4. The Labute approximate surface area is 163 Å². The molecule has 1 aromatic carbocycles. The summed E-state index contributed by atoms with van der Waals surface area (Å²) in [5.74, 6) is 0.785. The summed E-state index contributed by atoms with van der Waals surface area (Å²) in [4.78, 5) is 35.7. The third-order valence-corrected chi connectivity index (χ3v) is 5.71. The number of piperazine rings is 1. The van der Waals surface area contributed by atoms with Gasteiger partial charge in [-0.1, -0.05) is 30.3 Å². The molecule has 0 amide bonds. The SMILES string of the molecule is CC[NH+]1CCN(c2nc3c(c(=O)[nH]c(=O)n3C)n2CCc2ccccc2)CC1. The zero-order chi connectivity index (χ0) is 19.7. The van der Waals surface area contributed by atoms with Crippen LogP contribution in [-0.4, -0.2) is 51.8 Å². The summed E-state index contributed by atoms with van der Waals surface area (Å²) in [5.41, 5.74) is 1.32. The van der Waals surface area contributed by atoms with E-state index in [0.717, 1.165) is 45.1 Å². The molecule has 0 aliphatic carbocycles. The molecule has 8 nitrogen and oxygen atoms in total. The predicted molar refractivity (Wildman–Crippen MR) is 109 cm³/mol. The Morgan fingerprint density at radius 3 is 2.54 bits per heavy atom. The highest BCUT2D eigenvalue weighted by atomic mass is 16.2. The van der Waals surface area contributed by atoms with E-state index in [4.69, 9.17) is 4.98 Å². The van der Waals surface area contributed by atoms with Gasteiger partial charge in [-0.05, 0) is 18.9 Å². The average Bonchev–Trinajstić information content (AvgIpc) is 3.11. The molecule has 4 rings (SSSR count). The standard InChI is InChI=1S/C20H26N6O2/c1-3-24-11-13-25(14-12-24)19-21-17-16(18(27)22-20(28)23(17)2)26(19)10-9-15-7-5-4-6-8-15/h4-8H,3,9-14H2,1-2H3,(H,22,27,28)/p+1. The lowest BCUT2D eigenvalue weighted by Gasteiger charge is -2.32. The van der Waals surface area contributed by atoms with Crippen LogP contribution in [-0.2, 0) is 20.0 Å². The monoisotopic (exact) mass is 383 g/mol. The molecule has 0 spiro atoms. The van der Waals surface area contributed by atoms with Crippen molar-refractivity contribution >= 4 is 17.1 Å². The minimum absolute atomic E-state index is 0.372. The number of nitrogens with zero attached hydrogens (tertiary/aromatic N) is 4. The first-order chi connectivity index (χ1) is 13.6. The first-order valence-corrected chi connectivity index (χ1v) is 9.90. The van der Waals surface area contributed by atoms with Crippen LogP contribution < -0.4 is 21.0 Å². The summed E-state index contributed by atoms with van der Waals surface area (Å²) in [6, 6.07) is 10.2. The van der Waals surface area contributed by atoms with Gasteiger partial charge in [0.2, 0.25) is 5.95 Å². The molecule has 2 N–H and O–H groups in total.